The van der Waals surface area contributed by atoms with E-state index in [2.05, 4.69) is 4.98 Å². The molecule has 0 bridgehead atoms. The summed E-state index contributed by atoms with van der Waals surface area (Å²) >= 11 is 0. The van der Waals surface area contributed by atoms with Crippen molar-refractivity contribution in [2.75, 3.05) is 25.1 Å². The second-order valence-electron chi connectivity index (χ2n) is 5.38. The normalized spacial score (nSPS) is 19.9. The van der Waals surface area contributed by atoms with E-state index in [0.717, 1.165) is 12.5 Å². The number of halogens is 3. The van der Waals surface area contributed by atoms with Gasteiger partial charge in [0.1, 0.15) is 5.69 Å². The summed E-state index contributed by atoms with van der Waals surface area (Å²) in [7, 11) is 1.63. The van der Waals surface area contributed by atoms with Crippen LogP contribution in [0.2, 0.25) is 0 Å². The van der Waals surface area contributed by atoms with Crippen LogP contribution in [0.25, 0.3) is 0 Å². The van der Waals surface area contributed by atoms with Gasteiger partial charge in [-0.3, -0.25) is 0 Å². The van der Waals surface area contributed by atoms with Gasteiger partial charge in [-0.1, -0.05) is 13.8 Å². The first kappa shape index (κ1) is 15.1. The Morgan fingerprint density at radius 2 is 2.05 bits per heavy atom. The van der Waals surface area contributed by atoms with Crippen LogP contribution in [0.5, 0.6) is 0 Å². The van der Waals surface area contributed by atoms with Crippen LogP contribution in [0.4, 0.5) is 18.9 Å². The van der Waals surface area contributed by atoms with Crippen molar-refractivity contribution in [1.82, 2.24) is 4.98 Å². The molecule has 1 aliphatic rings. The molecule has 0 radical (unpaired) electrons. The maximum absolute atomic E-state index is 12.9. The zero-order chi connectivity index (χ0) is 14.9. The van der Waals surface area contributed by atoms with Crippen molar-refractivity contribution in [1.29, 1.82) is 0 Å². The summed E-state index contributed by atoms with van der Waals surface area (Å²) in [6.07, 6.45) is -3.50. The Hall–Kier alpha value is -1.30. The second kappa shape index (κ2) is 5.60. The van der Waals surface area contributed by atoms with Gasteiger partial charge in [0.15, 0.2) is 0 Å². The standard InChI is InChI=1S/C14H19F3N2O/c1-9(2)12-6-10(7-13(18-12)14(15,16)17)19-5-4-11(8-19)20-3/h6-7,9,11H,4-5,8H2,1-3H3. The maximum Gasteiger partial charge on any atom is 0.433 e. The van der Waals surface area contributed by atoms with Gasteiger partial charge >= 0.3 is 6.18 Å². The van der Waals surface area contributed by atoms with E-state index >= 15 is 0 Å². The van der Waals surface area contributed by atoms with Gasteiger partial charge in [-0.15, -0.1) is 0 Å². The molecular weight excluding hydrogens is 269 g/mol. The lowest BCUT2D eigenvalue weighted by molar-refractivity contribution is -0.141. The summed E-state index contributed by atoms with van der Waals surface area (Å²) in [5.41, 5.74) is 0.228. The first-order chi connectivity index (χ1) is 9.31. The molecule has 0 amide bonds. The number of rotatable bonds is 3. The molecule has 1 saturated heterocycles. The van der Waals surface area contributed by atoms with Crippen LogP contribution in [-0.2, 0) is 10.9 Å². The molecule has 2 rings (SSSR count). The van der Waals surface area contributed by atoms with Crippen molar-refractivity contribution in [2.24, 2.45) is 0 Å². The van der Waals surface area contributed by atoms with Gasteiger partial charge in [0.25, 0.3) is 0 Å². The molecule has 0 N–H and O–H groups in total. The zero-order valence-corrected chi connectivity index (χ0v) is 11.9. The van der Waals surface area contributed by atoms with Crippen molar-refractivity contribution in [3.05, 3.63) is 23.5 Å². The Bertz CT molecular complexity index is 474. The summed E-state index contributed by atoms with van der Waals surface area (Å²) in [5, 5.41) is 0. The van der Waals surface area contributed by atoms with Crippen molar-refractivity contribution >= 4 is 5.69 Å². The van der Waals surface area contributed by atoms with E-state index in [1.165, 1.54) is 0 Å². The molecule has 0 aliphatic carbocycles. The second-order valence-corrected chi connectivity index (χ2v) is 5.38. The summed E-state index contributed by atoms with van der Waals surface area (Å²) in [6, 6.07) is 2.88. The number of aromatic nitrogens is 1. The first-order valence-electron chi connectivity index (χ1n) is 6.68. The predicted octanol–water partition coefficient (Wildman–Crippen LogP) is 3.45. The third-order valence-corrected chi connectivity index (χ3v) is 3.56. The molecule has 112 valence electrons. The van der Waals surface area contributed by atoms with Gasteiger partial charge in [-0.05, 0) is 24.5 Å². The number of pyridine rings is 1. The van der Waals surface area contributed by atoms with Crippen molar-refractivity contribution in [2.45, 2.75) is 38.5 Å². The molecule has 1 aliphatic heterocycles. The lowest BCUT2D eigenvalue weighted by Gasteiger charge is -2.21. The SMILES string of the molecule is COC1CCN(c2cc(C(C)C)nc(C(F)(F)F)c2)C1. The summed E-state index contributed by atoms with van der Waals surface area (Å²) in [6.45, 7) is 5.01. The van der Waals surface area contributed by atoms with Crippen LogP contribution < -0.4 is 4.90 Å². The van der Waals surface area contributed by atoms with Gasteiger partial charge < -0.3 is 9.64 Å². The van der Waals surface area contributed by atoms with Crippen molar-refractivity contribution in [3.8, 4) is 0 Å². The minimum atomic E-state index is -4.42. The van der Waals surface area contributed by atoms with E-state index in [4.69, 9.17) is 4.74 Å². The highest BCUT2D eigenvalue weighted by molar-refractivity contribution is 5.50. The summed E-state index contributed by atoms with van der Waals surface area (Å²) < 4.78 is 44.1. The third kappa shape index (κ3) is 3.23. The number of alkyl halides is 3. The molecule has 0 saturated carbocycles. The van der Waals surface area contributed by atoms with Gasteiger partial charge in [0, 0.05) is 31.6 Å². The quantitative estimate of drug-likeness (QED) is 0.852. The van der Waals surface area contributed by atoms with Crippen LogP contribution >= 0.6 is 0 Å². The van der Waals surface area contributed by atoms with Gasteiger partial charge in [0.05, 0.1) is 6.10 Å². The lowest BCUT2D eigenvalue weighted by Crippen LogP contribution is -2.23. The predicted molar refractivity (Wildman–Crippen MR) is 71.0 cm³/mol. The van der Waals surface area contributed by atoms with Crippen LogP contribution in [0.3, 0.4) is 0 Å². The van der Waals surface area contributed by atoms with E-state index in [-0.39, 0.29) is 12.0 Å². The minimum Gasteiger partial charge on any atom is -0.380 e. The fourth-order valence-corrected chi connectivity index (χ4v) is 2.32. The molecule has 0 aromatic carbocycles. The van der Waals surface area contributed by atoms with E-state index in [1.807, 2.05) is 18.7 Å². The number of methoxy groups -OCH3 is 1. The van der Waals surface area contributed by atoms with Gasteiger partial charge in [-0.2, -0.15) is 13.2 Å². The Morgan fingerprint density at radius 3 is 2.55 bits per heavy atom. The van der Waals surface area contributed by atoms with Gasteiger partial charge in [0.2, 0.25) is 0 Å². The lowest BCUT2D eigenvalue weighted by atomic mass is 10.1. The van der Waals surface area contributed by atoms with Gasteiger partial charge in [-0.25, -0.2) is 4.98 Å². The monoisotopic (exact) mass is 288 g/mol. The summed E-state index contributed by atoms with van der Waals surface area (Å²) in [5.74, 6) is -0.0446. The van der Waals surface area contributed by atoms with Crippen LogP contribution in [-0.4, -0.2) is 31.3 Å². The molecule has 1 fully saturated rings. The van der Waals surface area contributed by atoms with Crippen LogP contribution in [0, 0.1) is 0 Å². The molecule has 6 heteroatoms. The first-order valence-corrected chi connectivity index (χ1v) is 6.68. The fraction of sp³-hybridized carbons (Fsp3) is 0.643. The zero-order valence-electron chi connectivity index (χ0n) is 11.9. The minimum absolute atomic E-state index is 0.0446. The average Bonchev–Trinajstić information content (AvgIpc) is 2.86. The Labute approximate surface area is 116 Å². The number of anilines is 1. The van der Waals surface area contributed by atoms with E-state index in [0.29, 0.717) is 24.5 Å². The third-order valence-electron chi connectivity index (χ3n) is 3.56. The molecular formula is C14H19F3N2O. The number of ether oxygens (including phenoxy) is 1. The summed E-state index contributed by atoms with van der Waals surface area (Å²) in [4.78, 5) is 5.66. The fourth-order valence-electron chi connectivity index (χ4n) is 2.32. The highest BCUT2D eigenvalue weighted by Crippen LogP contribution is 2.33. The van der Waals surface area contributed by atoms with Crippen LogP contribution in [0.15, 0.2) is 12.1 Å². The topological polar surface area (TPSA) is 25.4 Å². The van der Waals surface area contributed by atoms with Crippen molar-refractivity contribution in [3.63, 3.8) is 0 Å². The highest BCUT2D eigenvalue weighted by atomic mass is 19.4. The Morgan fingerprint density at radius 1 is 1.35 bits per heavy atom. The van der Waals surface area contributed by atoms with Crippen molar-refractivity contribution < 1.29 is 17.9 Å². The molecule has 1 atom stereocenters. The molecule has 0 spiro atoms. The molecule has 20 heavy (non-hydrogen) atoms. The Kier molecular flexibility index (Phi) is 4.22. The smallest absolute Gasteiger partial charge is 0.380 e. The molecule has 2 heterocycles. The number of hydrogen-bond acceptors (Lipinski definition) is 3. The Balaban J connectivity index is 2.35. The van der Waals surface area contributed by atoms with Crippen LogP contribution in [0.1, 0.15) is 37.6 Å². The van der Waals surface area contributed by atoms with E-state index < -0.39 is 11.9 Å². The number of hydrogen-bond donors (Lipinski definition) is 0. The molecule has 3 nitrogen and oxygen atoms in total. The molecule has 1 aromatic heterocycles. The maximum atomic E-state index is 12.9. The number of nitrogens with zero attached hydrogens (tertiary/aromatic N) is 2. The van der Waals surface area contributed by atoms with E-state index in [1.54, 1.807) is 13.2 Å². The largest absolute Gasteiger partial charge is 0.433 e. The molecule has 1 aromatic rings. The average molecular weight is 288 g/mol. The molecule has 1 unspecified atom stereocenters. The van der Waals surface area contributed by atoms with E-state index in [9.17, 15) is 13.2 Å². The highest BCUT2D eigenvalue weighted by Gasteiger charge is 2.34.